The Balaban J connectivity index is 1.54. The fourth-order valence-electron chi connectivity index (χ4n) is 4.41. The standard InChI is InChI=1S/C21H35N3O3/c1-5-18-22-9-13-23(18)10-6-19(26)24-11-7-21(8-12-24)15-16(25)14-17(27-21)20(2,3)4/h9,13,16-17,25H,5-8,10-12,14-15H2,1-4H3/t16-,17-/m1/s1. The van der Waals surface area contributed by atoms with Crippen LogP contribution in [0.5, 0.6) is 0 Å². The lowest BCUT2D eigenvalue weighted by Crippen LogP contribution is -2.55. The summed E-state index contributed by atoms with van der Waals surface area (Å²) in [5.74, 6) is 1.22. The third-order valence-corrected chi connectivity index (χ3v) is 6.16. The summed E-state index contributed by atoms with van der Waals surface area (Å²) < 4.78 is 8.58. The predicted molar refractivity (Wildman–Crippen MR) is 104 cm³/mol. The summed E-state index contributed by atoms with van der Waals surface area (Å²) in [5, 5.41) is 10.4. The minimum atomic E-state index is -0.307. The lowest BCUT2D eigenvalue weighted by Gasteiger charge is -2.50. The van der Waals surface area contributed by atoms with E-state index in [9.17, 15) is 9.90 Å². The van der Waals surface area contributed by atoms with E-state index in [0.29, 0.717) is 38.9 Å². The molecule has 0 bridgehead atoms. The maximum atomic E-state index is 12.7. The van der Waals surface area contributed by atoms with E-state index < -0.39 is 0 Å². The summed E-state index contributed by atoms with van der Waals surface area (Å²) in [5.41, 5.74) is -0.255. The summed E-state index contributed by atoms with van der Waals surface area (Å²) in [4.78, 5) is 18.9. The van der Waals surface area contributed by atoms with Crippen molar-refractivity contribution < 1.29 is 14.6 Å². The highest BCUT2D eigenvalue weighted by atomic mass is 16.5. The normalized spacial score (nSPS) is 25.7. The van der Waals surface area contributed by atoms with Gasteiger partial charge in [0.1, 0.15) is 5.82 Å². The predicted octanol–water partition coefficient (Wildman–Crippen LogP) is 2.78. The first-order valence-corrected chi connectivity index (χ1v) is 10.4. The zero-order chi connectivity index (χ0) is 19.7. The van der Waals surface area contributed by atoms with Crippen molar-refractivity contribution in [2.45, 2.75) is 90.6 Å². The largest absolute Gasteiger partial charge is 0.393 e. The number of aromatic nitrogens is 2. The molecule has 0 radical (unpaired) electrons. The highest BCUT2D eigenvalue weighted by molar-refractivity contribution is 5.76. The Morgan fingerprint density at radius 1 is 1.37 bits per heavy atom. The van der Waals surface area contributed by atoms with Crippen molar-refractivity contribution in [2.24, 2.45) is 5.41 Å². The lowest BCUT2D eigenvalue weighted by atomic mass is 9.76. The van der Waals surface area contributed by atoms with Crippen LogP contribution in [-0.4, -0.2) is 56.4 Å². The van der Waals surface area contributed by atoms with Gasteiger partial charge in [0.05, 0.1) is 17.8 Å². The number of hydrogen-bond acceptors (Lipinski definition) is 4. The number of aliphatic hydroxyl groups excluding tert-OH is 1. The van der Waals surface area contributed by atoms with E-state index in [1.165, 1.54) is 0 Å². The number of imidazole rings is 1. The van der Waals surface area contributed by atoms with Gasteiger partial charge in [0.2, 0.25) is 5.91 Å². The molecule has 0 aliphatic carbocycles. The maximum Gasteiger partial charge on any atom is 0.224 e. The molecule has 1 spiro atoms. The number of aryl methyl sites for hydroxylation is 2. The van der Waals surface area contributed by atoms with Gasteiger partial charge in [-0.15, -0.1) is 0 Å². The average Bonchev–Trinajstić information content (AvgIpc) is 3.06. The minimum Gasteiger partial charge on any atom is -0.393 e. The van der Waals surface area contributed by atoms with Gasteiger partial charge in [-0.1, -0.05) is 27.7 Å². The van der Waals surface area contributed by atoms with Gasteiger partial charge in [-0.05, 0) is 18.3 Å². The van der Waals surface area contributed by atoms with Gasteiger partial charge in [0.25, 0.3) is 0 Å². The number of hydrogen-bond donors (Lipinski definition) is 1. The Labute approximate surface area is 162 Å². The van der Waals surface area contributed by atoms with Gasteiger partial charge < -0.3 is 19.3 Å². The summed E-state index contributed by atoms with van der Waals surface area (Å²) in [6.45, 7) is 10.7. The Morgan fingerprint density at radius 3 is 2.70 bits per heavy atom. The van der Waals surface area contributed by atoms with Crippen LogP contribution >= 0.6 is 0 Å². The first kappa shape index (κ1) is 20.3. The smallest absolute Gasteiger partial charge is 0.224 e. The van der Waals surface area contributed by atoms with Gasteiger partial charge >= 0.3 is 0 Å². The minimum absolute atomic E-state index is 0.0170. The van der Waals surface area contributed by atoms with Crippen LogP contribution in [0.4, 0.5) is 0 Å². The van der Waals surface area contributed by atoms with Gasteiger partial charge in [-0.25, -0.2) is 4.98 Å². The van der Waals surface area contributed by atoms with E-state index in [-0.39, 0.29) is 29.1 Å². The molecular weight excluding hydrogens is 342 g/mol. The number of amides is 1. The molecule has 0 unspecified atom stereocenters. The summed E-state index contributed by atoms with van der Waals surface area (Å²) >= 11 is 0. The van der Waals surface area contributed by atoms with Crippen LogP contribution in [-0.2, 0) is 22.5 Å². The Kier molecular flexibility index (Phi) is 5.96. The number of rotatable bonds is 4. The Bertz CT molecular complexity index is 641. The second kappa shape index (κ2) is 7.92. The van der Waals surface area contributed by atoms with Gasteiger partial charge in [-0.2, -0.15) is 0 Å². The zero-order valence-corrected chi connectivity index (χ0v) is 17.3. The molecule has 6 nitrogen and oxygen atoms in total. The van der Waals surface area contributed by atoms with E-state index in [1.54, 1.807) is 6.20 Å². The van der Waals surface area contributed by atoms with Crippen molar-refractivity contribution in [3.8, 4) is 0 Å². The van der Waals surface area contributed by atoms with Crippen molar-refractivity contribution in [1.29, 1.82) is 0 Å². The molecule has 2 saturated heterocycles. The Hall–Kier alpha value is -1.40. The number of nitrogens with zero attached hydrogens (tertiary/aromatic N) is 3. The SMILES string of the molecule is CCc1nccn1CCC(=O)N1CCC2(CC1)C[C@H](O)C[C@H](C(C)(C)C)O2. The molecule has 3 rings (SSSR count). The number of carbonyl (C=O) groups excluding carboxylic acids is 1. The third-order valence-electron chi connectivity index (χ3n) is 6.16. The number of ether oxygens (including phenoxy) is 1. The Morgan fingerprint density at radius 2 is 2.07 bits per heavy atom. The molecule has 0 aromatic carbocycles. The molecule has 2 atom stereocenters. The second-order valence-electron chi connectivity index (χ2n) is 9.27. The first-order valence-electron chi connectivity index (χ1n) is 10.4. The summed E-state index contributed by atoms with van der Waals surface area (Å²) in [7, 11) is 0. The monoisotopic (exact) mass is 377 g/mol. The topological polar surface area (TPSA) is 67.6 Å². The number of piperidine rings is 1. The summed E-state index contributed by atoms with van der Waals surface area (Å²) in [6.07, 6.45) is 7.91. The van der Waals surface area contributed by atoms with Crippen LogP contribution < -0.4 is 0 Å². The van der Waals surface area contributed by atoms with Crippen LogP contribution in [0.1, 0.15) is 65.6 Å². The van der Waals surface area contributed by atoms with Gasteiger partial charge in [0, 0.05) is 57.7 Å². The van der Waals surface area contributed by atoms with Crippen LogP contribution in [0.2, 0.25) is 0 Å². The molecule has 3 heterocycles. The van der Waals surface area contributed by atoms with Crippen LogP contribution in [0.25, 0.3) is 0 Å². The second-order valence-corrected chi connectivity index (χ2v) is 9.27. The molecule has 1 amide bonds. The number of likely N-dealkylation sites (tertiary alicyclic amines) is 1. The molecule has 152 valence electrons. The third kappa shape index (κ3) is 4.72. The number of aliphatic hydroxyl groups is 1. The molecule has 1 aromatic rings. The average molecular weight is 378 g/mol. The zero-order valence-electron chi connectivity index (χ0n) is 17.3. The van der Waals surface area contributed by atoms with Crippen molar-refractivity contribution in [3.63, 3.8) is 0 Å². The molecule has 2 aliphatic rings. The molecule has 27 heavy (non-hydrogen) atoms. The molecule has 1 N–H and O–H groups in total. The molecule has 6 heteroatoms. The fourth-order valence-corrected chi connectivity index (χ4v) is 4.41. The summed E-state index contributed by atoms with van der Waals surface area (Å²) in [6, 6.07) is 0. The van der Waals surface area contributed by atoms with Crippen molar-refractivity contribution in [3.05, 3.63) is 18.2 Å². The lowest BCUT2D eigenvalue weighted by molar-refractivity contribution is -0.207. The quantitative estimate of drug-likeness (QED) is 0.876. The highest BCUT2D eigenvalue weighted by Gasteiger charge is 2.46. The maximum absolute atomic E-state index is 12.7. The molecule has 2 aliphatic heterocycles. The van der Waals surface area contributed by atoms with Crippen molar-refractivity contribution >= 4 is 5.91 Å². The number of carbonyl (C=O) groups is 1. The molecule has 1 aromatic heterocycles. The molecular formula is C21H35N3O3. The van der Waals surface area contributed by atoms with E-state index in [4.69, 9.17) is 4.74 Å². The fraction of sp³-hybridized carbons (Fsp3) is 0.810. The van der Waals surface area contributed by atoms with Crippen LogP contribution in [0, 0.1) is 5.41 Å². The molecule has 0 saturated carbocycles. The van der Waals surface area contributed by atoms with Crippen LogP contribution in [0.3, 0.4) is 0 Å². The van der Waals surface area contributed by atoms with Crippen LogP contribution in [0.15, 0.2) is 12.4 Å². The van der Waals surface area contributed by atoms with E-state index in [2.05, 4.69) is 37.2 Å². The van der Waals surface area contributed by atoms with Gasteiger partial charge in [-0.3, -0.25) is 4.79 Å². The van der Waals surface area contributed by atoms with Crippen molar-refractivity contribution in [2.75, 3.05) is 13.1 Å². The van der Waals surface area contributed by atoms with E-state index in [1.807, 2.05) is 11.1 Å². The van der Waals surface area contributed by atoms with Crippen molar-refractivity contribution in [1.82, 2.24) is 14.5 Å². The van der Waals surface area contributed by atoms with Gasteiger partial charge in [0.15, 0.2) is 0 Å². The highest BCUT2D eigenvalue weighted by Crippen LogP contribution is 2.42. The van der Waals surface area contributed by atoms with E-state index >= 15 is 0 Å². The molecule has 2 fully saturated rings. The first-order chi connectivity index (χ1) is 12.7. The van der Waals surface area contributed by atoms with E-state index in [0.717, 1.165) is 25.1 Å².